The third kappa shape index (κ3) is 7.67. The molecule has 0 fully saturated rings. The van der Waals surface area contributed by atoms with Crippen molar-refractivity contribution in [2.24, 2.45) is 0 Å². The van der Waals surface area contributed by atoms with Gasteiger partial charge in [-0.3, -0.25) is 0 Å². The summed E-state index contributed by atoms with van der Waals surface area (Å²) in [5, 5.41) is -0.139. The lowest BCUT2D eigenvalue weighted by atomic mass is 10.1. The fourth-order valence-corrected chi connectivity index (χ4v) is 11.3. The van der Waals surface area contributed by atoms with Crippen molar-refractivity contribution in [2.45, 2.75) is 76.3 Å². The molecule has 0 bridgehead atoms. The summed E-state index contributed by atoms with van der Waals surface area (Å²) in [5.41, 5.74) is 0. The molecular formula is C18H42O6Si2. The molecule has 0 aromatic carbocycles. The lowest BCUT2D eigenvalue weighted by Gasteiger charge is -2.39. The third-order valence-corrected chi connectivity index (χ3v) is 13.0. The SMILES string of the molecule is CCCCCCCCCCCC([Si](OC)(OC)OC)[Si](OC)(OC)OC. The van der Waals surface area contributed by atoms with Crippen molar-refractivity contribution < 1.29 is 26.6 Å². The minimum absolute atomic E-state index is 0.139. The Kier molecular flexibility index (Phi) is 15.3. The number of hydrogen-bond donors (Lipinski definition) is 0. The molecule has 0 aromatic heterocycles. The molecule has 0 heterocycles. The molecule has 0 aliphatic rings. The highest BCUT2D eigenvalue weighted by Crippen LogP contribution is 2.39. The second-order valence-electron chi connectivity index (χ2n) is 6.60. The first-order chi connectivity index (χ1) is 12.6. The highest BCUT2D eigenvalue weighted by atomic mass is 28.5. The van der Waals surface area contributed by atoms with E-state index in [0.29, 0.717) is 0 Å². The van der Waals surface area contributed by atoms with E-state index in [1.54, 1.807) is 42.7 Å². The Labute approximate surface area is 163 Å². The third-order valence-electron chi connectivity index (χ3n) is 5.16. The monoisotopic (exact) mass is 410 g/mol. The van der Waals surface area contributed by atoms with E-state index in [2.05, 4.69) is 6.92 Å². The summed E-state index contributed by atoms with van der Waals surface area (Å²) in [6, 6.07) is 0. The second-order valence-corrected chi connectivity index (χ2v) is 13.4. The van der Waals surface area contributed by atoms with Gasteiger partial charge in [0, 0.05) is 42.7 Å². The van der Waals surface area contributed by atoms with Crippen LogP contribution in [0.15, 0.2) is 0 Å². The minimum Gasteiger partial charge on any atom is -0.377 e. The molecule has 0 saturated heterocycles. The van der Waals surface area contributed by atoms with Crippen LogP contribution in [0.3, 0.4) is 0 Å². The Morgan fingerprint density at radius 3 is 1.12 bits per heavy atom. The maximum Gasteiger partial charge on any atom is 0.507 e. The molecule has 0 unspecified atom stereocenters. The first kappa shape index (κ1) is 26.2. The van der Waals surface area contributed by atoms with Gasteiger partial charge in [0.2, 0.25) is 0 Å². The topological polar surface area (TPSA) is 55.4 Å². The van der Waals surface area contributed by atoms with Crippen LogP contribution < -0.4 is 0 Å². The van der Waals surface area contributed by atoms with Crippen LogP contribution in [0.4, 0.5) is 0 Å². The van der Waals surface area contributed by atoms with E-state index in [1.807, 2.05) is 0 Å². The molecule has 158 valence electrons. The highest BCUT2D eigenvalue weighted by Gasteiger charge is 2.63. The van der Waals surface area contributed by atoms with E-state index < -0.39 is 17.6 Å². The molecule has 8 heteroatoms. The molecule has 0 rings (SSSR count). The molecular weight excluding hydrogens is 368 g/mol. The van der Waals surface area contributed by atoms with Crippen molar-refractivity contribution in [2.75, 3.05) is 42.7 Å². The predicted molar refractivity (Wildman–Crippen MR) is 109 cm³/mol. The fraction of sp³-hybridized carbons (Fsp3) is 1.00. The van der Waals surface area contributed by atoms with Crippen LogP contribution in [0.25, 0.3) is 0 Å². The zero-order valence-electron chi connectivity index (χ0n) is 18.1. The van der Waals surface area contributed by atoms with Crippen molar-refractivity contribution in [3.05, 3.63) is 0 Å². The average molecular weight is 411 g/mol. The van der Waals surface area contributed by atoms with Crippen LogP contribution in [-0.4, -0.2) is 60.3 Å². The molecule has 0 amide bonds. The van der Waals surface area contributed by atoms with Gasteiger partial charge in [0.05, 0.1) is 5.16 Å². The van der Waals surface area contributed by atoms with Gasteiger partial charge in [-0.05, 0) is 6.42 Å². The maximum absolute atomic E-state index is 5.73. The molecule has 0 spiro atoms. The van der Waals surface area contributed by atoms with Crippen LogP contribution in [0.5, 0.6) is 0 Å². The van der Waals surface area contributed by atoms with Crippen molar-refractivity contribution in [3.63, 3.8) is 0 Å². The average Bonchev–Trinajstić information content (AvgIpc) is 2.69. The van der Waals surface area contributed by atoms with Crippen LogP contribution >= 0.6 is 0 Å². The second kappa shape index (κ2) is 15.2. The molecule has 0 aliphatic heterocycles. The molecule has 6 nitrogen and oxygen atoms in total. The van der Waals surface area contributed by atoms with Crippen LogP contribution in [0.1, 0.15) is 71.1 Å². The standard InChI is InChI=1S/C18H42O6Si2/c1-8-9-10-11-12-13-14-15-16-17-18(25(19-2,20-3)21-4)26(22-5,23-6)24-7/h18H,8-17H2,1-7H3. The summed E-state index contributed by atoms with van der Waals surface area (Å²) in [7, 11) is 3.87. The first-order valence-corrected chi connectivity index (χ1v) is 13.5. The Hall–Kier alpha value is 0.194. The summed E-state index contributed by atoms with van der Waals surface area (Å²) in [6.07, 6.45) is 12.3. The Morgan fingerprint density at radius 2 is 0.808 bits per heavy atom. The van der Waals surface area contributed by atoms with Gasteiger partial charge in [-0.2, -0.15) is 0 Å². The molecule has 0 aliphatic carbocycles. The quantitative estimate of drug-likeness (QED) is 0.244. The first-order valence-electron chi connectivity index (χ1n) is 9.87. The van der Waals surface area contributed by atoms with Crippen LogP contribution in [0, 0.1) is 0 Å². The Balaban J connectivity index is 4.70. The smallest absolute Gasteiger partial charge is 0.377 e. The molecule has 0 saturated carbocycles. The molecule has 0 N–H and O–H groups in total. The highest BCUT2D eigenvalue weighted by molar-refractivity contribution is 6.82. The van der Waals surface area contributed by atoms with Crippen LogP contribution in [-0.2, 0) is 26.6 Å². The van der Waals surface area contributed by atoms with Gasteiger partial charge in [-0.25, -0.2) is 0 Å². The number of hydrogen-bond acceptors (Lipinski definition) is 6. The van der Waals surface area contributed by atoms with Gasteiger partial charge >= 0.3 is 17.6 Å². The number of unbranched alkanes of at least 4 members (excludes halogenated alkanes) is 8. The van der Waals surface area contributed by atoms with Gasteiger partial charge in [0.1, 0.15) is 0 Å². The maximum atomic E-state index is 5.73. The Morgan fingerprint density at radius 1 is 0.500 bits per heavy atom. The van der Waals surface area contributed by atoms with Crippen molar-refractivity contribution in [1.29, 1.82) is 0 Å². The fourth-order valence-electron chi connectivity index (χ4n) is 3.58. The lowest BCUT2D eigenvalue weighted by molar-refractivity contribution is 0.0778. The van der Waals surface area contributed by atoms with Crippen molar-refractivity contribution in [1.82, 2.24) is 0 Å². The zero-order valence-corrected chi connectivity index (χ0v) is 20.1. The van der Waals surface area contributed by atoms with E-state index in [1.165, 1.54) is 51.4 Å². The molecule has 0 radical (unpaired) electrons. The van der Waals surface area contributed by atoms with Crippen molar-refractivity contribution >= 4 is 17.6 Å². The van der Waals surface area contributed by atoms with Crippen molar-refractivity contribution in [3.8, 4) is 0 Å². The van der Waals surface area contributed by atoms with E-state index in [9.17, 15) is 0 Å². The summed E-state index contributed by atoms with van der Waals surface area (Å²) in [5.74, 6) is 0. The molecule has 26 heavy (non-hydrogen) atoms. The van der Waals surface area contributed by atoms with E-state index in [-0.39, 0.29) is 5.16 Å². The van der Waals surface area contributed by atoms with E-state index in [0.717, 1.165) is 12.8 Å². The summed E-state index contributed by atoms with van der Waals surface area (Å²) in [4.78, 5) is 0. The molecule has 0 aromatic rings. The van der Waals surface area contributed by atoms with E-state index in [4.69, 9.17) is 26.6 Å². The molecule has 0 atom stereocenters. The zero-order chi connectivity index (χ0) is 19.9. The normalized spacial score (nSPS) is 12.9. The lowest BCUT2D eigenvalue weighted by Crippen LogP contribution is -2.62. The van der Waals surface area contributed by atoms with Gasteiger partial charge in [0.25, 0.3) is 0 Å². The van der Waals surface area contributed by atoms with E-state index >= 15 is 0 Å². The predicted octanol–water partition coefficient (Wildman–Crippen LogP) is 4.57. The number of rotatable bonds is 18. The summed E-state index contributed by atoms with van der Waals surface area (Å²) >= 11 is 0. The minimum atomic E-state index is -2.95. The summed E-state index contributed by atoms with van der Waals surface area (Å²) < 4.78 is 34.4. The van der Waals surface area contributed by atoms with Crippen LogP contribution in [0.2, 0.25) is 5.16 Å². The van der Waals surface area contributed by atoms with Gasteiger partial charge < -0.3 is 26.6 Å². The van der Waals surface area contributed by atoms with Gasteiger partial charge in [-0.1, -0.05) is 64.7 Å². The van der Waals surface area contributed by atoms with Gasteiger partial charge in [0.15, 0.2) is 0 Å². The summed E-state index contributed by atoms with van der Waals surface area (Å²) in [6.45, 7) is 2.25. The largest absolute Gasteiger partial charge is 0.507 e. The Bertz CT molecular complexity index is 288. The van der Waals surface area contributed by atoms with Gasteiger partial charge in [-0.15, -0.1) is 0 Å².